The Balaban J connectivity index is 0.00000280. The summed E-state index contributed by atoms with van der Waals surface area (Å²) in [6.07, 6.45) is 5.21. The van der Waals surface area contributed by atoms with Gasteiger partial charge in [-0.2, -0.15) is 0 Å². The van der Waals surface area contributed by atoms with Crippen molar-refractivity contribution in [3.05, 3.63) is 29.8 Å². The summed E-state index contributed by atoms with van der Waals surface area (Å²) in [7, 11) is -3.48. The van der Waals surface area contributed by atoms with E-state index in [0.29, 0.717) is 36.8 Å². The Morgan fingerprint density at radius 1 is 1.29 bits per heavy atom. The fourth-order valence-electron chi connectivity index (χ4n) is 3.44. The predicted octanol–water partition coefficient (Wildman–Crippen LogP) is 1.95. The van der Waals surface area contributed by atoms with E-state index in [-0.39, 0.29) is 28.7 Å². The second-order valence-electron chi connectivity index (χ2n) is 7.59. The van der Waals surface area contributed by atoms with Crippen molar-refractivity contribution in [2.75, 3.05) is 13.1 Å². The summed E-state index contributed by atoms with van der Waals surface area (Å²) in [5, 5.41) is 3.09. The van der Waals surface area contributed by atoms with Gasteiger partial charge in [-0.05, 0) is 50.7 Å². The van der Waals surface area contributed by atoms with Crippen molar-refractivity contribution in [1.29, 1.82) is 0 Å². The highest BCUT2D eigenvalue weighted by Gasteiger charge is 2.41. The number of hydrogen-bond acceptors (Lipinski definition) is 5. The third-order valence-corrected chi connectivity index (χ3v) is 6.72. The number of nitrogens with two attached hydrogens (primary N) is 1. The van der Waals surface area contributed by atoms with Crippen LogP contribution in [0.15, 0.2) is 34.2 Å². The van der Waals surface area contributed by atoms with Gasteiger partial charge in [-0.1, -0.05) is 18.6 Å². The molecule has 0 spiro atoms. The lowest BCUT2D eigenvalue weighted by atomic mass is 9.95. The SMILES string of the molecule is CC(CN)(NC(=O)CCCCCN=C1NS(=O)(=O)c2ccccc21)C1CC1.Cl. The van der Waals surface area contributed by atoms with E-state index in [2.05, 4.69) is 15.0 Å². The van der Waals surface area contributed by atoms with E-state index in [1.165, 1.54) is 0 Å². The summed E-state index contributed by atoms with van der Waals surface area (Å²) in [4.78, 5) is 16.8. The number of carbonyl (C=O) groups is 1. The van der Waals surface area contributed by atoms with Gasteiger partial charge in [0.2, 0.25) is 5.91 Å². The topological polar surface area (TPSA) is 114 Å². The standard InChI is InChI=1S/C19H28N4O3S.ClH/c1-19(13-20,14-10-11-14)22-17(24)9-3-2-6-12-21-18-15-7-4-5-8-16(15)27(25,26)23-18;/h4-5,7-8,14H,2-3,6,9-13,20H2,1H3,(H,21,23)(H,22,24);1H. The molecule has 1 aliphatic heterocycles. The maximum atomic E-state index is 12.1. The van der Waals surface area contributed by atoms with E-state index in [0.717, 1.165) is 32.1 Å². The zero-order chi connectivity index (χ0) is 19.5. The molecule has 3 rings (SSSR count). The maximum absolute atomic E-state index is 12.1. The average molecular weight is 429 g/mol. The van der Waals surface area contributed by atoms with E-state index in [4.69, 9.17) is 5.73 Å². The number of nitrogens with one attached hydrogen (secondary N) is 2. The monoisotopic (exact) mass is 428 g/mol. The Labute approximate surface area is 173 Å². The van der Waals surface area contributed by atoms with Crippen LogP contribution in [0.3, 0.4) is 0 Å². The Morgan fingerprint density at radius 3 is 2.68 bits per heavy atom. The number of carbonyl (C=O) groups excluding carboxylic acids is 1. The van der Waals surface area contributed by atoms with Gasteiger partial charge < -0.3 is 11.1 Å². The molecule has 0 aromatic heterocycles. The third kappa shape index (κ3) is 5.24. The summed E-state index contributed by atoms with van der Waals surface area (Å²) < 4.78 is 26.5. The second kappa shape index (κ2) is 9.24. The third-order valence-electron chi connectivity index (χ3n) is 5.32. The quantitative estimate of drug-likeness (QED) is 0.521. The van der Waals surface area contributed by atoms with Crippen LogP contribution in [0, 0.1) is 5.92 Å². The molecule has 1 heterocycles. The molecule has 28 heavy (non-hydrogen) atoms. The number of amides is 1. The molecule has 9 heteroatoms. The van der Waals surface area contributed by atoms with Crippen LogP contribution in [0.5, 0.6) is 0 Å². The van der Waals surface area contributed by atoms with Gasteiger partial charge in [-0.15, -0.1) is 12.4 Å². The van der Waals surface area contributed by atoms with E-state index < -0.39 is 10.0 Å². The normalized spacial score (nSPS) is 20.6. The average Bonchev–Trinajstić information content (AvgIpc) is 3.45. The van der Waals surface area contributed by atoms with Crippen molar-refractivity contribution in [3.63, 3.8) is 0 Å². The van der Waals surface area contributed by atoms with E-state index in [1.54, 1.807) is 24.3 Å². The molecule has 1 aliphatic carbocycles. The van der Waals surface area contributed by atoms with Crippen LogP contribution < -0.4 is 15.8 Å². The molecule has 1 atom stereocenters. The molecule has 156 valence electrons. The van der Waals surface area contributed by atoms with Gasteiger partial charge >= 0.3 is 0 Å². The smallest absolute Gasteiger partial charge is 0.263 e. The number of sulfonamides is 1. The zero-order valence-corrected chi connectivity index (χ0v) is 17.7. The molecule has 0 radical (unpaired) electrons. The highest BCUT2D eigenvalue weighted by atomic mass is 35.5. The lowest BCUT2D eigenvalue weighted by Crippen LogP contribution is -2.53. The van der Waals surface area contributed by atoms with E-state index in [9.17, 15) is 13.2 Å². The Kier molecular flexibility index (Phi) is 7.47. The fraction of sp³-hybridized carbons (Fsp3) is 0.579. The number of rotatable bonds is 9. The minimum Gasteiger partial charge on any atom is -0.349 e. The van der Waals surface area contributed by atoms with Crippen LogP contribution in [0.1, 0.15) is 51.0 Å². The molecule has 1 aromatic rings. The summed E-state index contributed by atoms with van der Waals surface area (Å²) in [6.45, 7) is 3.02. The van der Waals surface area contributed by atoms with E-state index >= 15 is 0 Å². The van der Waals surface area contributed by atoms with Crippen LogP contribution in [0.2, 0.25) is 0 Å². The van der Waals surface area contributed by atoms with Crippen molar-refractivity contribution >= 4 is 34.2 Å². The van der Waals surface area contributed by atoms with Crippen LogP contribution in [0.4, 0.5) is 0 Å². The number of halogens is 1. The number of fused-ring (bicyclic) bond motifs is 1. The molecule has 4 N–H and O–H groups in total. The Bertz CT molecular complexity index is 839. The molecule has 1 amide bonds. The van der Waals surface area contributed by atoms with Crippen molar-refractivity contribution in [1.82, 2.24) is 10.0 Å². The predicted molar refractivity (Wildman–Crippen MR) is 112 cm³/mol. The van der Waals surface area contributed by atoms with Gasteiger partial charge in [0, 0.05) is 25.1 Å². The van der Waals surface area contributed by atoms with Gasteiger partial charge in [-0.25, -0.2) is 8.42 Å². The molecular formula is C19H29ClN4O3S. The number of hydrogen-bond donors (Lipinski definition) is 3. The lowest BCUT2D eigenvalue weighted by molar-refractivity contribution is -0.123. The second-order valence-corrected chi connectivity index (χ2v) is 9.24. The van der Waals surface area contributed by atoms with Crippen molar-refractivity contribution in [2.45, 2.75) is 55.9 Å². The molecule has 1 fully saturated rings. The molecule has 0 saturated heterocycles. The van der Waals surface area contributed by atoms with E-state index in [1.807, 2.05) is 6.92 Å². The summed E-state index contributed by atoms with van der Waals surface area (Å²) in [5.74, 6) is 0.977. The molecule has 2 aliphatic rings. The van der Waals surface area contributed by atoms with Gasteiger partial charge in [0.1, 0.15) is 5.84 Å². The van der Waals surface area contributed by atoms with Crippen molar-refractivity contribution in [3.8, 4) is 0 Å². The van der Waals surface area contributed by atoms with Gasteiger partial charge in [0.15, 0.2) is 0 Å². The maximum Gasteiger partial charge on any atom is 0.263 e. The minimum atomic E-state index is -3.48. The largest absolute Gasteiger partial charge is 0.349 e. The summed E-state index contributed by atoms with van der Waals surface area (Å²) in [5.41, 5.74) is 6.18. The van der Waals surface area contributed by atoms with Crippen molar-refractivity contribution < 1.29 is 13.2 Å². The first kappa shape index (κ1) is 22.6. The zero-order valence-electron chi connectivity index (χ0n) is 16.1. The number of unbranched alkanes of at least 4 members (excludes halogenated alkanes) is 2. The highest BCUT2D eigenvalue weighted by Crippen LogP contribution is 2.39. The molecule has 1 unspecified atom stereocenters. The lowest BCUT2D eigenvalue weighted by Gasteiger charge is -2.29. The molecule has 0 bridgehead atoms. The molecule has 1 aromatic carbocycles. The molecule has 7 nitrogen and oxygen atoms in total. The van der Waals surface area contributed by atoms with Crippen LogP contribution in [-0.4, -0.2) is 38.8 Å². The minimum absolute atomic E-state index is 0. The fourth-order valence-corrected chi connectivity index (χ4v) is 4.69. The Morgan fingerprint density at radius 2 is 2.00 bits per heavy atom. The highest BCUT2D eigenvalue weighted by molar-refractivity contribution is 7.90. The van der Waals surface area contributed by atoms with Crippen LogP contribution in [0.25, 0.3) is 0 Å². The molecule has 1 saturated carbocycles. The number of amidine groups is 1. The van der Waals surface area contributed by atoms with Crippen LogP contribution in [-0.2, 0) is 14.8 Å². The summed E-state index contributed by atoms with van der Waals surface area (Å²) in [6, 6.07) is 6.83. The first-order valence-electron chi connectivity index (χ1n) is 9.53. The van der Waals surface area contributed by atoms with Gasteiger partial charge in [-0.3, -0.25) is 14.5 Å². The van der Waals surface area contributed by atoms with Gasteiger partial charge in [0.05, 0.1) is 10.4 Å². The Hall–Kier alpha value is -1.64. The number of aliphatic imine (C=N–C) groups is 1. The number of nitrogens with zero attached hydrogens (tertiary/aromatic N) is 1. The van der Waals surface area contributed by atoms with Crippen LogP contribution >= 0.6 is 12.4 Å². The first-order valence-corrected chi connectivity index (χ1v) is 11.0. The summed E-state index contributed by atoms with van der Waals surface area (Å²) >= 11 is 0. The number of benzene rings is 1. The van der Waals surface area contributed by atoms with Crippen molar-refractivity contribution in [2.24, 2.45) is 16.6 Å². The van der Waals surface area contributed by atoms with Gasteiger partial charge in [0.25, 0.3) is 10.0 Å². The molecular weight excluding hydrogens is 400 g/mol. The first-order chi connectivity index (χ1) is 12.9.